The predicted octanol–water partition coefficient (Wildman–Crippen LogP) is 2.74. The molecule has 0 spiro atoms. The monoisotopic (exact) mass is 408 g/mol. The molecule has 0 radical (unpaired) electrons. The van der Waals surface area contributed by atoms with Crippen molar-refractivity contribution >= 4 is 17.5 Å². The van der Waals surface area contributed by atoms with Gasteiger partial charge in [-0.2, -0.15) is 4.68 Å². The van der Waals surface area contributed by atoms with Gasteiger partial charge in [0.25, 0.3) is 0 Å². The lowest BCUT2D eigenvalue weighted by atomic mass is 10.0. The molecular formula is C19H14F2N8O. The molecule has 5 N–H and O–H groups in total. The zero-order valence-electron chi connectivity index (χ0n) is 15.3. The van der Waals surface area contributed by atoms with Gasteiger partial charge in [0.15, 0.2) is 17.5 Å². The molecule has 0 fully saturated rings. The number of benzene rings is 2. The number of nitrogen functional groups attached to an aromatic ring is 1. The molecule has 2 heterocycles. The molecule has 0 unspecified atom stereocenters. The summed E-state index contributed by atoms with van der Waals surface area (Å²) in [7, 11) is 0. The highest BCUT2D eigenvalue weighted by molar-refractivity contribution is 5.88. The fourth-order valence-corrected chi connectivity index (χ4v) is 2.87. The van der Waals surface area contributed by atoms with Crippen LogP contribution in [0.4, 0.5) is 25.1 Å². The molecule has 0 aliphatic rings. The van der Waals surface area contributed by atoms with Crippen LogP contribution in [0.15, 0.2) is 54.7 Å². The van der Waals surface area contributed by atoms with Gasteiger partial charge in [0.1, 0.15) is 11.5 Å². The standard InChI is InChI=1S/C19H14F2N8O/c20-14-2-1-3-15(16(14)21)29-18(26-27-28-29)13-8-11(9-24-17(13)22)10-4-6-12(7-5-10)25-19(23)30/h1-9H,(H2,22,24)(H3,23,25,30). The SMILES string of the molecule is NC(=O)Nc1ccc(-c2cnc(N)c(-c3nnnn3-c3cccc(F)c3F)c2)cc1. The van der Waals surface area contributed by atoms with Gasteiger partial charge in [-0.15, -0.1) is 5.10 Å². The first-order valence-corrected chi connectivity index (χ1v) is 8.59. The third-order valence-corrected chi connectivity index (χ3v) is 4.27. The van der Waals surface area contributed by atoms with Crippen molar-refractivity contribution < 1.29 is 13.6 Å². The Bertz CT molecular complexity index is 1240. The number of nitrogens with two attached hydrogens (primary N) is 2. The number of tetrazole rings is 1. The van der Waals surface area contributed by atoms with Crippen molar-refractivity contribution in [1.29, 1.82) is 0 Å². The van der Waals surface area contributed by atoms with Crippen molar-refractivity contribution in [2.45, 2.75) is 0 Å². The largest absolute Gasteiger partial charge is 0.383 e. The number of carbonyl (C=O) groups is 1. The average Bonchev–Trinajstić information content (AvgIpc) is 3.20. The Kier molecular flexibility index (Phi) is 4.76. The Balaban J connectivity index is 1.76. The maximum absolute atomic E-state index is 14.3. The van der Waals surface area contributed by atoms with Crippen molar-refractivity contribution in [3.05, 3.63) is 66.4 Å². The molecule has 2 aromatic heterocycles. The van der Waals surface area contributed by atoms with Crippen LogP contribution >= 0.6 is 0 Å². The lowest BCUT2D eigenvalue weighted by Gasteiger charge is -2.10. The van der Waals surface area contributed by atoms with Crippen molar-refractivity contribution in [3.63, 3.8) is 0 Å². The number of nitrogens with one attached hydrogen (secondary N) is 1. The smallest absolute Gasteiger partial charge is 0.316 e. The number of pyridine rings is 1. The molecule has 0 saturated carbocycles. The van der Waals surface area contributed by atoms with Crippen LogP contribution in [0.3, 0.4) is 0 Å². The fraction of sp³-hybridized carbons (Fsp3) is 0. The van der Waals surface area contributed by atoms with E-state index >= 15 is 0 Å². The summed E-state index contributed by atoms with van der Waals surface area (Å²) in [5.41, 5.74) is 13.2. The van der Waals surface area contributed by atoms with E-state index in [1.807, 2.05) is 0 Å². The Morgan fingerprint density at radius 2 is 1.83 bits per heavy atom. The molecule has 11 heteroatoms. The van der Waals surface area contributed by atoms with E-state index < -0.39 is 17.7 Å². The molecular weight excluding hydrogens is 394 g/mol. The maximum Gasteiger partial charge on any atom is 0.316 e. The van der Waals surface area contributed by atoms with Crippen molar-refractivity contribution in [1.82, 2.24) is 25.2 Å². The number of rotatable bonds is 4. The number of aromatic nitrogens is 5. The number of halogens is 2. The number of urea groups is 1. The fourth-order valence-electron chi connectivity index (χ4n) is 2.87. The van der Waals surface area contributed by atoms with E-state index in [1.54, 1.807) is 36.5 Å². The predicted molar refractivity (Wildman–Crippen MR) is 105 cm³/mol. The van der Waals surface area contributed by atoms with E-state index in [4.69, 9.17) is 11.5 Å². The summed E-state index contributed by atoms with van der Waals surface area (Å²) in [5, 5.41) is 13.7. The van der Waals surface area contributed by atoms with E-state index in [0.29, 0.717) is 16.8 Å². The highest BCUT2D eigenvalue weighted by atomic mass is 19.2. The third-order valence-electron chi connectivity index (χ3n) is 4.27. The van der Waals surface area contributed by atoms with E-state index in [0.717, 1.165) is 16.3 Å². The second kappa shape index (κ2) is 7.54. The van der Waals surface area contributed by atoms with Crippen molar-refractivity contribution in [2.24, 2.45) is 5.73 Å². The Labute approximate surface area is 168 Å². The van der Waals surface area contributed by atoms with Crippen LogP contribution < -0.4 is 16.8 Å². The first-order chi connectivity index (χ1) is 14.4. The van der Waals surface area contributed by atoms with Gasteiger partial charge in [0.2, 0.25) is 0 Å². The van der Waals surface area contributed by atoms with E-state index in [-0.39, 0.29) is 17.3 Å². The zero-order chi connectivity index (χ0) is 21.3. The summed E-state index contributed by atoms with van der Waals surface area (Å²) >= 11 is 0. The number of nitrogens with zero attached hydrogens (tertiary/aromatic N) is 5. The van der Waals surface area contributed by atoms with Gasteiger partial charge in [-0.1, -0.05) is 18.2 Å². The van der Waals surface area contributed by atoms with E-state index in [2.05, 4.69) is 25.8 Å². The lowest BCUT2D eigenvalue weighted by molar-refractivity contribution is 0.259. The number of amides is 2. The molecule has 2 aromatic carbocycles. The second-order valence-electron chi connectivity index (χ2n) is 6.21. The molecule has 150 valence electrons. The van der Waals surface area contributed by atoms with Crippen molar-refractivity contribution in [3.8, 4) is 28.2 Å². The highest BCUT2D eigenvalue weighted by Crippen LogP contribution is 2.30. The number of hydrogen-bond donors (Lipinski definition) is 3. The summed E-state index contributed by atoms with van der Waals surface area (Å²) in [6.07, 6.45) is 1.55. The molecule has 0 aliphatic carbocycles. The van der Waals surface area contributed by atoms with Gasteiger partial charge in [0, 0.05) is 17.4 Å². The number of anilines is 2. The lowest BCUT2D eigenvalue weighted by Crippen LogP contribution is -2.19. The molecule has 0 aliphatic heterocycles. The second-order valence-corrected chi connectivity index (χ2v) is 6.21. The van der Waals surface area contributed by atoms with Gasteiger partial charge < -0.3 is 16.8 Å². The quantitative estimate of drug-likeness (QED) is 0.475. The van der Waals surface area contributed by atoms with Gasteiger partial charge in [-0.25, -0.2) is 18.6 Å². The Hall–Kier alpha value is -4.41. The van der Waals surface area contributed by atoms with E-state index in [1.165, 1.54) is 12.1 Å². The van der Waals surface area contributed by atoms with Crippen LogP contribution in [0.5, 0.6) is 0 Å². The van der Waals surface area contributed by atoms with Crippen LogP contribution in [-0.4, -0.2) is 31.2 Å². The first-order valence-electron chi connectivity index (χ1n) is 8.59. The molecule has 4 aromatic rings. The summed E-state index contributed by atoms with van der Waals surface area (Å²) in [5.74, 6) is -1.92. The average molecular weight is 408 g/mol. The summed E-state index contributed by atoms with van der Waals surface area (Å²) in [6.45, 7) is 0. The summed E-state index contributed by atoms with van der Waals surface area (Å²) < 4.78 is 29.0. The van der Waals surface area contributed by atoms with Gasteiger partial charge in [-0.3, -0.25) is 0 Å². The molecule has 0 saturated heterocycles. The third kappa shape index (κ3) is 3.51. The highest BCUT2D eigenvalue weighted by Gasteiger charge is 2.19. The van der Waals surface area contributed by atoms with Crippen molar-refractivity contribution in [2.75, 3.05) is 11.1 Å². The van der Waals surface area contributed by atoms with Gasteiger partial charge >= 0.3 is 6.03 Å². The molecule has 0 bridgehead atoms. The van der Waals surface area contributed by atoms with Crippen LogP contribution in [-0.2, 0) is 0 Å². The Morgan fingerprint density at radius 1 is 1.07 bits per heavy atom. The zero-order valence-corrected chi connectivity index (χ0v) is 15.3. The molecule has 30 heavy (non-hydrogen) atoms. The maximum atomic E-state index is 14.3. The summed E-state index contributed by atoms with van der Waals surface area (Å²) in [6, 6.07) is 11.5. The van der Waals surface area contributed by atoms with Crippen LogP contribution in [0, 0.1) is 11.6 Å². The van der Waals surface area contributed by atoms with Gasteiger partial charge in [0.05, 0.1) is 5.56 Å². The van der Waals surface area contributed by atoms with Crippen LogP contribution in [0.25, 0.3) is 28.2 Å². The molecule has 9 nitrogen and oxygen atoms in total. The minimum absolute atomic E-state index is 0.0957. The topological polar surface area (TPSA) is 138 Å². The molecule has 2 amide bonds. The minimum atomic E-state index is -1.09. The number of hydrogen-bond acceptors (Lipinski definition) is 6. The number of primary amides is 1. The normalized spacial score (nSPS) is 10.7. The Morgan fingerprint density at radius 3 is 2.57 bits per heavy atom. The number of carbonyl (C=O) groups excluding carboxylic acids is 1. The van der Waals surface area contributed by atoms with Gasteiger partial charge in [-0.05, 0) is 46.3 Å². The first kappa shape index (κ1) is 18.9. The van der Waals surface area contributed by atoms with Crippen LogP contribution in [0.1, 0.15) is 0 Å². The minimum Gasteiger partial charge on any atom is -0.383 e. The molecule has 4 rings (SSSR count). The van der Waals surface area contributed by atoms with E-state index in [9.17, 15) is 13.6 Å². The van der Waals surface area contributed by atoms with Crippen LogP contribution in [0.2, 0.25) is 0 Å². The summed E-state index contributed by atoms with van der Waals surface area (Å²) in [4.78, 5) is 15.1. The molecule has 0 atom stereocenters.